The highest BCUT2D eigenvalue weighted by Crippen LogP contribution is 2.14. The average Bonchev–Trinajstić information content (AvgIpc) is 2.70. The van der Waals surface area contributed by atoms with Crippen LogP contribution < -0.4 is 10.0 Å². The third-order valence-electron chi connectivity index (χ3n) is 3.07. The van der Waals surface area contributed by atoms with Crippen LogP contribution in [0.2, 0.25) is 0 Å². The molecular weight excluding hydrogens is 264 g/mol. The van der Waals surface area contributed by atoms with Crippen molar-refractivity contribution in [3.63, 3.8) is 0 Å². The third-order valence-corrected chi connectivity index (χ3v) is 4.58. The Labute approximate surface area is 109 Å². The van der Waals surface area contributed by atoms with Gasteiger partial charge in [-0.15, -0.1) is 12.4 Å². The van der Waals surface area contributed by atoms with Crippen molar-refractivity contribution in [2.24, 2.45) is 0 Å². The van der Waals surface area contributed by atoms with Crippen molar-refractivity contribution in [1.29, 1.82) is 0 Å². The molecule has 0 aromatic carbocycles. The van der Waals surface area contributed by atoms with Crippen molar-refractivity contribution < 1.29 is 13.2 Å². The van der Waals surface area contributed by atoms with E-state index >= 15 is 0 Å². The average molecular weight is 285 g/mol. The fourth-order valence-electron chi connectivity index (χ4n) is 2.27. The van der Waals surface area contributed by atoms with Crippen LogP contribution in [-0.2, 0) is 14.8 Å². The first-order valence-electron chi connectivity index (χ1n) is 5.98. The van der Waals surface area contributed by atoms with E-state index in [2.05, 4.69) is 10.0 Å². The zero-order chi connectivity index (χ0) is 11.4. The summed E-state index contributed by atoms with van der Waals surface area (Å²) < 4.78 is 31.8. The van der Waals surface area contributed by atoms with Crippen molar-refractivity contribution in [3.8, 4) is 0 Å². The van der Waals surface area contributed by atoms with Crippen LogP contribution in [0.4, 0.5) is 0 Å². The van der Waals surface area contributed by atoms with E-state index in [0.29, 0.717) is 6.61 Å². The number of hydrogen-bond donors (Lipinski definition) is 2. The largest absolute Gasteiger partial charge is 0.377 e. The first kappa shape index (κ1) is 15.2. The molecule has 0 aromatic heterocycles. The van der Waals surface area contributed by atoms with Gasteiger partial charge in [0, 0.05) is 19.2 Å². The molecule has 2 heterocycles. The first-order chi connectivity index (χ1) is 7.66. The summed E-state index contributed by atoms with van der Waals surface area (Å²) in [5.41, 5.74) is 0. The smallest absolute Gasteiger partial charge is 0.214 e. The van der Waals surface area contributed by atoms with Gasteiger partial charge in [-0.1, -0.05) is 0 Å². The summed E-state index contributed by atoms with van der Waals surface area (Å²) in [6.45, 7) is 2.43. The molecule has 5 nitrogen and oxygen atoms in total. The number of ether oxygens (including phenoxy) is 1. The van der Waals surface area contributed by atoms with E-state index in [4.69, 9.17) is 4.74 Å². The molecule has 0 spiro atoms. The predicted molar refractivity (Wildman–Crippen MR) is 69.0 cm³/mol. The number of rotatable bonds is 4. The molecule has 0 amide bonds. The second kappa shape index (κ2) is 6.89. The Kier molecular flexibility index (Phi) is 6.16. The lowest BCUT2D eigenvalue weighted by Gasteiger charge is -2.24. The van der Waals surface area contributed by atoms with Gasteiger partial charge in [-0.05, 0) is 32.2 Å². The Morgan fingerprint density at radius 2 is 2.12 bits per heavy atom. The van der Waals surface area contributed by atoms with Crippen LogP contribution >= 0.6 is 12.4 Å². The van der Waals surface area contributed by atoms with Crippen LogP contribution in [0.25, 0.3) is 0 Å². The quantitative estimate of drug-likeness (QED) is 0.777. The van der Waals surface area contributed by atoms with E-state index in [0.717, 1.165) is 38.8 Å². The van der Waals surface area contributed by atoms with Gasteiger partial charge in [-0.25, -0.2) is 13.1 Å². The Bertz CT molecular complexity index is 312. The van der Waals surface area contributed by atoms with Crippen LogP contribution in [0.5, 0.6) is 0 Å². The van der Waals surface area contributed by atoms with E-state index in [1.165, 1.54) is 0 Å². The van der Waals surface area contributed by atoms with E-state index in [1.54, 1.807) is 0 Å². The third kappa shape index (κ3) is 5.09. The van der Waals surface area contributed by atoms with Gasteiger partial charge < -0.3 is 10.1 Å². The summed E-state index contributed by atoms with van der Waals surface area (Å²) in [6.07, 6.45) is 3.70. The molecule has 2 fully saturated rings. The normalized spacial score (nSPS) is 29.9. The van der Waals surface area contributed by atoms with Gasteiger partial charge in [0.1, 0.15) is 0 Å². The summed E-state index contributed by atoms with van der Waals surface area (Å²) in [4.78, 5) is 0. The second-order valence-electron chi connectivity index (χ2n) is 4.58. The lowest BCUT2D eigenvalue weighted by molar-refractivity contribution is 0.127. The molecular formula is C10H21ClN2O3S. The highest BCUT2D eigenvalue weighted by Gasteiger charge is 2.26. The van der Waals surface area contributed by atoms with E-state index in [1.807, 2.05) is 0 Å². The van der Waals surface area contributed by atoms with Crippen LogP contribution in [0, 0.1) is 0 Å². The summed E-state index contributed by atoms with van der Waals surface area (Å²) >= 11 is 0. The Morgan fingerprint density at radius 1 is 1.29 bits per heavy atom. The molecule has 2 N–H and O–H groups in total. The fraction of sp³-hybridized carbons (Fsp3) is 1.00. The molecule has 2 aliphatic rings. The minimum absolute atomic E-state index is 0. The van der Waals surface area contributed by atoms with Gasteiger partial charge in [0.25, 0.3) is 0 Å². The Hall–Kier alpha value is 0.120. The highest BCUT2D eigenvalue weighted by molar-refractivity contribution is 7.89. The lowest BCUT2D eigenvalue weighted by Crippen LogP contribution is -2.47. The Morgan fingerprint density at radius 3 is 2.71 bits per heavy atom. The van der Waals surface area contributed by atoms with Gasteiger partial charge in [-0.2, -0.15) is 0 Å². The molecule has 2 saturated heterocycles. The van der Waals surface area contributed by atoms with Gasteiger partial charge in [-0.3, -0.25) is 0 Å². The summed E-state index contributed by atoms with van der Waals surface area (Å²) in [7, 11) is -3.18. The zero-order valence-electron chi connectivity index (χ0n) is 9.85. The molecule has 102 valence electrons. The SMILES string of the molecule is Cl.O=S(=O)(CC1CCCO1)N[C@@H]1CCCNC1. The molecule has 7 heteroatoms. The number of piperidine rings is 1. The number of halogens is 1. The van der Waals surface area contributed by atoms with Crippen LogP contribution in [0.1, 0.15) is 25.7 Å². The molecule has 2 atom stereocenters. The van der Waals surface area contributed by atoms with E-state index in [9.17, 15) is 8.42 Å². The van der Waals surface area contributed by atoms with Gasteiger partial charge in [0.15, 0.2) is 0 Å². The topological polar surface area (TPSA) is 67.4 Å². The number of hydrogen-bond acceptors (Lipinski definition) is 4. The van der Waals surface area contributed by atoms with Crippen LogP contribution in [0.3, 0.4) is 0 Å². The van der Waals surface area contributed by atoms with Crippen LogP contribution in [0.15, 0.2) is 0 Å². The fourth-order valence-corrected chi connectivity index (χ4v) is 3.83. The van der Waals surface area contributed by atoms with Crippen molar-refractivity contribution in [2.45, 2.75) is 37.8 Å². The summed E-state index contributed by atoms with van der Waals surface area (Å²) in [5, 5.41) is 3.19. The van der Waals surface area contributed by atoms with E-state index in [-0.39, 0.29) is 30.3 Å². The summed E-state index contributed by atoms with van der Waals surface area (Å²) in [5.74, 6) is 0.115. The van der Waals surface area contributed by atoms with E-state index < -0.39 is 10.0 Å². The molecule has 0 radical (unpaired) electrons. The Balaban J connectivity index is 0.00000144. The zero-order valence-corrected chi connectivity index (χ0v) is 11.5. The van der Waals surface area contributed by atoms with Gasteiger partial charge in [0.05, 0.1) is 11.9 Å². The first-order valence-corrected chi connectivity index (χ1v) is 7.63. The monoisotopic (exact) mass is 284 g/mol. The molecule has 0 saturated carbocycles. The second-order valence-corrected chi connectivity index (χ2v) is 6.38. The van der Waals surface area contributed by atoms with Crippen molar-refractivity contribution in [3.05, 3.63) is 0 Å². The number of nitrogens with one attached hydrogen (secondary N) is 2. The minimum atomic E-state index is -3.18. The van der Waals surface area contributed by atoms with Crippen molar-refractivity contribution in [1.82, 2.24) is 10.0 Å². The predicted octanol–water partition coefficient (Wildman–Crippen LogP) is 0.259. The molecule has 2 aliphatic heterocycles. The van der Waals surface area contributed by atoms with Crippen molar-refractivity contribution in [2.75, 3.05) is 25.4 Å². The summed E-state index contributed by atoms with van der Waals surface area (Å²) in [6, 6.07) is 0.0557. The van der Waals surface area contributed by atoms with Gasteiger partial charge >= 0.3 is 0 Å². The maximum absolute atomic E-state index is 11.8. The van der Waals surface area contributed by atoms with Crippen LogP contribution in [-0.4, -0.2) is 46.0 Å². The molecule has 17 heavy (non-hydrogen) atoms. The maximum Gasteiger partial charge on any atom is 0.214 e. The molecule has 1 unspecified atom stereocenters. The molecule has 0 aromatic rings. The molecule has 2 rings (SSSR count). The highest BCUT2D eigenvalue weighted by atomic mass is 35.5. The maximum atomic E-state index is 11.8. The molecule has 0 bridgehead atoms. The van der Waals surface area contributed by atoms with Crippen molar-refractivity contribution >= 4 is 22.4 Å². The standard InChI is InChI=1S/C10H20N2O3S.ClH/c13-16(14,8-10-4-2-6-15-10)12-9-3-1-5-11-7-9;/h9-12H,1-8H2;1H/t9-,10?;/m1./s1. The lowest BCUT2D eigenvalue weighted by atomic mass is 10.1. The molecule has 0 aliphatic carbocycles. The van der Waals surface area contributed by atoms with Gasteiger partial charge in [0.2, 0.25) is 10.0 Å². The number of sulfonamides is 1. The minimum Gasteiger partial charge on any atom is -0.377 e.